The summed E-state index contributed by atoms with van der Waals surface area (Å²) in [6, 6.07) is 8.16. The fourth-order valence-electron chi connectivity index (χ4n) is 3.36. The highest BCUT2D eigenvalue weighted by molar-refractivity contribution is 5.72. The molecule has 0 saturated carbocycles. The molecule has 1 unspecified atom stereocenters. The van der Waals surface area contributed by atoms with Gasteiger partial charge in [0, 0.05) is 18.9 Å². The molecule has 2 rings (SSSR count). The van der Waals surface area contributed by atoms with E-state index in [9.17, 15) is 9.59 Å². The largest absolute Gasteiger partial charge is 0.463 e. The van der Waals surface area contributed by atoms with Crippen molar-refractivity contribution in [1.29, 1.82) is 0 Å². The van der Waals surface area contributed by atoms with Gasteiger partial charge in [0.15, 0.2) is 11.6 Å². The van der Waals surface area contributed by atoms with E-state index in [1.807, 2.05) is 25.1 Å². The van der Waals surface area contributed by atoms with Crippen LogP contribution in [0.5, 0.6) is 5.75 Å². The average Bonchev–Trinajstić information content (AvgIpc) is 2.77. The zero-order chi connectivity index (χ0) is 23.2. The van der Waals surface area contributed by atoms with Crippen LogP contribution in [-0.2, 0) is 20.7 Å². The minimum Gasteiger partial charge on any atom is -0.463 e. The molecular weight excluding hydrogens is 404 g/mol. The van der Waals surface area contributed by atoms with E-state index in [0.29, 0.717) is 18.0 Å². The van der Waals surface area contributed by atoms with Gasteiger partial charge in [-0.1, -0.05) is 36.8 Å². The van der Waals surface area contributed by atoms with Gasteiger partial charge >= 0.3 is 11.9 Å². The first-order valence-electron chi connectivity index (χ1n) is 11.4. The molecule has 32 heavy (non-hydrogen) atoms. The molecule has 1 atom stereocenters. The van der Waals surface area contributed by atoms with Crippen molar-refractivity contribution in [2.45, 2.75) is 77.7 Å². The smallest absolute Gasteiger partial charge is 0.311 e. The first-order valence-corrected chi connectivity index (χ1v) is 11.4. The molecule has 0 saturated heterocycles. The van der Waals surface area contributed by atoms with Crippen LogP contribution < -0.4 is 4.74 Å². The number of carbonyl (C=O) groups is 2. The van der Waals surface area contributed by atoms with E-state index in [-0.39, 0.29) is 18.0 Å². The number of hydrogen-bond acceptors (Lipinski definition) is 6. The van der Waals surface area contributed by atoms with Crippen LogP contribution in [-0.4, -0.2) is 28.0 Å². The Morgan fingerprint density at radius 1 is 1.03 bits per heavy atom. The number of aryl methyl sites for hydroxylation is 1. The summed E-state index contributed by atoms with van der Waals surface area (Å²) in [5.74, 6) is 0.475. The highest BCUT2D eigenvalue weighted by Gasteiger charge is 2.08. The van der Waals surface area contributed by atoms with Crippen LogP contribution in [0.4, 0.5) is 0 Å². The van der Waals surface area contributed by atoms with Crippen molar-refractivity contribution in [3.05, 3.63) is 54.9 Å². The second-order valence-electron chi connectivity index (χ2n) is 7.97. The Labute approximate surface area is 191 Å². The minimum atomic E-state index is -0.258. The maximum Gasteiger partial charge on any atom is 0.311 e. The number of nitrogens with zero attached hydrogens (tertiary/aromatic N) is 2. The van der Waals surface area contributed by atoms with Gasteiger partial charge in [0.05, 0.1) is 18.5 Å². The Morgan fingerprint density at radius 2 is 1.75 bits per heavy atom. The molecule has 1 heterocycles. The molecule has 0 amide bonds. The number of allylic oxidation sites excluding steroid dienone is 1. The van der Waals surface area contributed by atoms with E-state index in [4.69, 9.17) is 9.47 Å². The summed E-state index contributed by atoms with van der Waals surface area (Å²) >= 11 is 0. The summed E-state index contributed by atoms with van der Waals surface area (Å²) in [4.78, 5) is 31.5. The first kappa shape index (κ1) is 25.2. The van der Waals surface area contributed by atoms with Gasteiger partial charge in [0.2, 0.25) is 0 Å². The molecule has 1 aromatic carbocycles. The number of ether oxygens (including phenoxy) is 2. The molecule has 0 aliphatic rings. The van der Waals surface area contributed by atoms with Crippen LogP contribution in [0, 0.1) is 0 Å². The molecule has 0 aliphatic heterocycles. The van der Waals surface area contributed by atoms with E-state index in [1.54, 1.807) is 0 Å². The van der Waals surface area contributed by atoms with Gasteiger partial charge in [-0.15, -0.1) is 6.58 Å². The Kier molecular flexibility index (Phi) is 11.1. The predicted molar refractivity (Wildman–Crippen MR) is 125 cm³/mol. The molecule has 6 nitrogen and oxygen atoms in total. The average molecular weight is 439 g/mol. The van der Waals surface area contributed by atoms with Crippen molar-refractivity contribution in [3.63, 3.8) is 0 Å². The SMILES string of the molecule is C=CCCCCCC(=O)Oc1cnc(-c2ccc(CCCCC(C)OC(C)=O)cc2)nc1. The molecule has 0 aliphatic carbocycles. The third-order valence-electron chi connectivity index (χ3n) is 5.05. The molecule has 6 heteroatoms. The zero-order valence-corrected chi connectivity index (χ0v) is 19.2. The highest BCUT2D eigenvalue weighted by Crippen LogP contribution is 2.19. The molecule has 1 aromatic heterocycles. The maximum atomic E-state index is 11.9. The quantitative estimate of drug-likeness (QED) is 0.209. The summed E-state index contributed by atoms with van der Waals surface area (Å²) in [5, 5.41) is 0. The summed E-state index contributed by atoms with van der Waals surface area (Å²) in [6.07, 6.45) is 13.0. The standard InChI is InChI=1S/C26H34N2O4/c1-4-5-6-7-8-13-25(30)32-24-18-27-26(28-19-24)23-16-14-22(15-17-23)12-10-9-11-20(2)31-21(3)29/h4,14-20H,1,5-13H2,2-3H3. The molecular formula is C26H34N2O4. The van der Waals surface area contributed by atoms with Crippen molar-refractivity contribution < 1.29 is 19.1 Å². The maximum absolute atomic E-state index is 11.9. The van der Waals surface area contributed by atoms with Crippen LogP contribution in [0.2, 0.25) is 0 Å². The molecule has 0 N–H and O–H groups in total. The molecule has 2 aromatic rings. The van der Waals surface area contributed by atoms with Gasteiger partial charge in [-0.25, -0.2) is 9.97 Å². The van der Waals surface area contributed by atoms with E-state index in [2.05, 4.69) is 28.7 Å². The fraction of sp³-hybridized carbons (Fsp3) is 0.462. The number of benzene rings is 1. The number of hydrogen-bond donors (Lipinski definition) is 0. The summed E-state index contributed by atoms with van der Waals surface area (Å²) < 4.78 is 10.5. The lowest BCUT2D eigenvalue weighted by atomic mass is 10.0. The number of unbranched alkanes of at least 4 members (excludes halogenated alkanes) is 4. The van der Waals surface area contributed by atoms with Crippen molar-refractivity contribution in [2.24, 2.45) is 0 Å². The Bertz CT molecular complexity index is 847. The van der Waals surface area contributed by atoms with E-state index >= 15 is 0 Å². The monoisotopic (exact) mass is 438 g/mol. The second-order valence-corrected chi connectivity index (χ2v) is 7.97. The first-order chi connectivity index (χ1) is 15.5. The molecule has 0 radical (unpaired) electrons. The van der Waals surface area contributed by atoms with E-state index in [0.717, 1.165) is 56.9 Å². The zero-order valence-electron chi connectivity index (χ0n) is 19.2. The normalized spacial score (nSPS) is 11.6. The third kappa shape index (κ3) is 9.86. The number of carbonyl (C=O) groups excluding carboxylic acids is 2. The van der Waals surface area contributed by atoms with Gasteiger partial charge in [-0.2, -0.15) is 0 Å². The van der Waals surface area contributed by atoms with Gasteiger partial charge < -0.3 is 9.47 Å². The summed E-state index contributed by atoms with van der Waals surface area (Å²) in [5.41, 5.74) is 2.16. The van der Waals surface area contributed by atoms with Crippen molar-refractivity contribution >= 4 is 11.9 Å². The van der Waals surface area contributed by atoms with Gasteiger partial charge in [0.1, 0.15) is 0 Å². The van der Waals surface area contributed by atoms with Crippen molar-refractivity contribution in [1.82, 2.24) is 9.97 Å². The van der Waals surface area contributed by atoms with Crippen LogP contribution in [0.25, 0.3) is 11.4 Å². The lowest BCUT2D eigenvalue weighted by Crippen LogP contribution is -2.11. The summed E-state index contributed by atoms with van der Waals surface area (Å²) in [7, 11) is 0. The number of aromatic nitrogens is 2. The predicted octanol–water partition coefficient (Wildman–Crippen LogP) is 5.85. The Hall–Kier alpha value is -3.02. The van der Waals surface area contributed by atoms with E-state index in [1.165, 1.54) is 24.9 Å². The van der Waals surface area contributed by atoms with Crippen LogP contribution in [0.1, 0.15) is 70.8 Å². The third-order valence-corrected chi connectivity index (χ3v) is 5.05. The lowest BCUT2D eigenvalue weighted by molar-refractivity contribution is -0.145. The topological polar surface area (TPSA) is 78.4 Å². The van der Waals surface area contributed by atoms with Gasteiger partial charge in [-0.3, -0.25) is 9.59 Å². The lowest BCUT2D eigenvalue weighted by Gasteiger charge is -2.11. The van der Waals surface area contributed by atoms with Crippen LogP contribution in [0.3, 0.4) is 0 Å². The second kappa shape index (κ2) is 14.1. The van der Waals surface area contributed by atoms with Crippen LogP contribution in [0.15, 0.2) is 49.3 Å². The molecule has 0 fully saturated rings. The van der Waals surface area contributed by atoms with Gasteiger partial charge in [-0.05, 0) is 57.4 Å². The van der Waals surface area contributed by atoms with Crippen molar-refractivity contribution in [2.75, 3.05) is 0 Å². The minimum absolute atomic E-state index is 0.0309. The molecule has 0 bridgehead atoms. The molecule has 0 spiro atoms. The fourth-order valence-corrected chi connectivity index (χ4v) is 3.36. The van der Waals surface area contributed by atoms with E-state index < -0.39 is 0 Å². The van der Waals surface area contributed by atoms with Gasteiger partial charge in [0.25, 0.3) is 0 Å². The number of esters is 2. The van der Waals surface area contributed by atoms with Crippen LogP contribution >= 0.6 is 0 Å². The highest BCUT2D eigenvalue weighted by atomic mass is 16.5. The summed E-state index contributed by atoms with van der Waals surface area (Å²) in [6.45, 7) is 7.06. The Balaban J connectivity index is 1.75. The Morgan fingerprint density at radius 3 is 2.41 bits per heavy atom. The number of rotatable bonds is 14. The van der Waals surface area contributed by atoms with Crippen molar-refractivity contribution in [3.8, 4) is 17.1 Å². The molecule has 172 valence electrons.